The third-order valence-corrected chi connectivity index (χ3v) is 5.21. The normalized spacial score (nSPS) is 10.5. The van der Waals surface area contributed by atoms with Crippen molar-refractivity contribution >= 4 is 22.9 Å². The Bertz CT molecular complexity index is 962. The number of carbonyl (C=O) groups excluding carboxylic acids is 1. The summed E-state index contributed by atoms with van der Waals surface area (Å²) in [5.74, 6) is 1.29. The molecule has 1 heterocycles. The van der Waals surface area contributed by atoms with Gasteiger partial charge in [0.1, 0.15) is 6.61 Å². The lowest BCUT2D eigenvalue weighted by Gasteiger charge is -2.10. The van der Waals surface area contributed by atoms with Crippen LogP contribution >= 0.6 is 11.3 Å². The number of carbonyl (C=O) groups is 1. The predicted octanol–water partition coefficient (Wildman–Crippen LogP) is 5.51. The summed E-state index contributed by atoms with van der Waals surface area (Å²) in [7, 11) is 1.63. The smallest absolute Gasteiger partial charge is 0.265 e. The Balaban J connectivity index is 1.66. The summed E-state index contributed by atoms with van der Waals surface area (Å²) in [4.78, 5) is 13.2. The second kappa shape index (κ2) is 8.27. The molecule has 5 heteroatoms. The van der Waals surface area contributed by atoms with Crippen LogP contribution in [0.15, 0.2) is 47.8 Å². The van der Waals surface area contributed by atoms with Crippen LogP contribution < -0.4 is 14.8 Å². The highest BCUT2D eigenvalue weighted by Crippen LogP contribution is 2.29. The fourth-order valence-corrected chi connectivity index (χ4v) is 3.47. The molecule has 0 aliphatic heterocycles. The molecule has 0 atom stereocenters. The summed E-state index contributed by atoms with van der Waals surface area (Å²) < 4.78 is 11.2. The SMILES string of the molecule is COc1cc(C)ccc1OCc1csc(C(=O)Nc2cc(C)ccc2C)c1. The van der Waals surface area contributed by atoms with Gasteiger partial charge in [-0.25, -0.2) is 0 Å². The molecule has 4 nitrogen and oxygen atoms in total. The Morgan fingerprint density at radius 1 is 1.00 bits per heavy atom. The first-order chi connectivity index (χ1) is 13.0. The molecule has 0 radical (unpaired) electrons. The molecule has 1 N–H and O–H groups in total. The molecule has 0 spiro atoms. The van der Waals surface area contributed by atoms with Crippen molar-refractivity contribution in [1.29, 1.82) is 0 Å². The lowest BCUT2D eigenvalue weighted by Crippen LogP contribution is -2.11. The van der Waals surface area contributed by atoms with E-state index in [9.17, 15) is 4.79 Å². The maximum absolute atomic E-state index is 12.5. The molecule has 140 valence electrons. The van der Waals surface area contributed by atoms with Crippen LogP contribution in [0.2, 0.25) is 0 Å². The van der Waals surface area contributed by atoms with Gasteiger partial charge < -0.3 is 14.8 Å². The van der Waals surface area contributed by atoms with E-state index in [1.807, 2.05) is 68.6 Å². The highest BCUT2D eigenvalue weighted by atomic mass is 32.1. The van der Waals surface area contributed by atoms with Crippen LogP contribution in [0.1, 0.15) is 31.9 Å². The zero-order valence-corrected chi connectivity index (χ0v) is 16.8. The molecule has 1 amide bonds. The number of thiophene rings is 1. The summed E-state index contributed by atoms with van der Waals surface area (Å²) in [5.41, 5.74) is 5.06. The maximum Gasteiger partial charge on any atom is 0.265 e. The molecule has 0 unspecified atom stereocenters. The first-order valence-electron chi connectivity index (χ1n) is 8.69. The van der Waals surface area contributed by atoms with Gasteiger partial charge in [-0.3, -0.25) is 4.79 Å². The second-order valence-electron chi connectivity index (χ2n) is 6.53. The quantitative estimate of drug-likeness (QED) is 0.612. The molecule has 0 saturated heterocycles. The van der Waals surface area contributed by atoms with Crippen molar-refractivity contribution in [2.24, 2.45) is 0 Å². The predicted molar refractivity (Wildman–Crippen MR) is 110 cm³/mol. The Hall–Kier alpha value is -2.79. The number of ether oxygens (including phenoxy) is 2. The number of benzene rings is 2. The number of hydrogen-bond donors (Lipinski definition) is 1. The van der Waals surface area contributed by atoms with Crippen molar-refractivity contribution in [2.75, 3.05) is 12.4 Å². The van der Waals surface area contributed by atoms with Gasteiger partial charge in [0.05, 0.1) is 12.0 Å². The van der Waals surface area contributed by atoms with Crippen LogP contribution in [-0.2, 0) is 6.61 Å². The maximum atomic E-state index is 12.5. The molecular formula is C22H23NO3S. The number of rotatable bonds is 6. The molecular weight excluding hydrogens is 358 g/mol. The van der Waals surface area contributed by atoms with Gasteiger partial charge in [-0.2, -0.15) is 0 Å². The summed E-state index contributed by atoms with van der Waals surface area (Å²) in [6.45, 7) is 6.38. The van der Waals surface area contributed by atoms with E-state index < -0.39 is 0 Å². The Labute approximate surface area is 163 Å². The van der Waals surface area contributed by atoms with Crippen molar-refractivity contribution < 1.29 is 14.3 Å². The third-order valence-electron chi connectivity index (χ3n) is 4.23. The van der Waals surface area contributed by atoms with E-state index in [2.05, 4.69) is 5.32 Å². The third kappa shape index (κ3) is 4.68. The van der Waals surface area contributed by atoms with Gasteiger partial charge in [0.2, 0.25) is 0 Å². The number of nitrogens with one attached hydrogen (secondary N) is 1. The van der Waals surface area contributed by atoms with E-state index >= 15 is 0 Å². The van der Waals surface area contributed by atoms with Crippen molar-refractivity contribution in [3.05, 3.63) is 75.0 Å². The number of amides is 1. The number of anilines is 1. The van der Waals surface area contributed by atoms with Crippen molar-refractivity contribution in [2.45, 2.75) is 27.4 Å². The molecule has 0 fully saturated rings. The molecule has 2 aromatic carbocycles. The van der Waals surface area contributed by atoms with Crippen molar-refractivity contribution in [1.82, 2.24) is 0 Å². The fraction of sp³-hybridized carbons (Fsp3) is 0.227. The Morgan fingerprint density at radius 3 is 2.52 bits per heavy atom. The van der Waals surface area contributed by atoms with Gasteiger partial charge in [0, 0.05) is 11.3 Å². The fourth-order valence-electron chi connectivity index (χ4n) is 2.68. The van der Waals surface area contributed by atoms with Crippen molar-refractivity contribution in [3.63, 3.8) is 0 Å². The van der Waals surface area contributed by atoms with Crippen LogP contribution in [-0.4, -0.2) is 13.0 Å². The number of aryl methyl sites for hydroxylation is 3. The minimum Gasteiger partial charge on any atom is -0.493 e. The molecule has 27 heavy (non-hydrogen) atoms. The zero-order chi connectivity index (χ0) is 19.4. The van der Waals surface area contributed by atoms with E-state index in [0.29, 0.717) is 23.0 Å². The van der Waals surface area contributed by atoms with E-state index in [4.69, 9.17) is 9.47 Å². The number of hydrogen-bond acceptors (Lipinski definition) is 4. The average molecular weight is 381 g/mol. The standard InChI is InChI=1S/C22H23NO3S/c1-14-5-7-16(3)18(9-14)23-22(24)21-11-17(13-27-21)12-26-19-8-6-15(2)10-20(19)25-4/h5-11,13H,12H2,1-4H3,(H,23,24). The Morgan fingerprint density at radius 2 is 1.74 bits per heavy atom. The van der Waals surface area contributed by atoms with Gasteiger partial charge in [-0.1, -0.05) is 18.2 Å². The van der Waals surface area contributed by atoms with Gasteiger partial charge in [-0.15, -0.1) is 11.3 Å². The lowest BCUT2D eigenvalue weighted by molar-refractivity contribution is 0.103. The highest BCUT2D eigenvalue weighted by Gasteiger charge is 2.12. The molecule has 1 aromatic heterocycles. The monoisotopic (exact) mass is 381 g/mol. The lowest BCUT2D eigenvalue weighted by atomic mass is 10.1. The van der Waals surface area contributed by atoms with E-state index in [1.165, 1.54) is 11.3 Å². The molecule has 0 aliphatic carbocycles. The summed E-state index contributed by atoms with van der Waals surface area (Å²) in [6.07, 6.45) is 0. The minimum atomic E-state index is -0.104. The first-order valence-corrected chi connectivity index (χ1v) is 9.57. The van der Waals surface area contributed by atoms with E-state index in [0.717, 1.165) is 27.9 Å². The van der Waals surface area contributed by atoms with Crippen LogP contribution in [0.4, 0.5) is 5.69 Å². The largest absolute Gasteiger partial charge is 0.493 e. The Kier molecular flexibility index (Phi) is 5.81. The molecule has 3 aromatic rings. The molecule has 0 saturated carbocycles. The summed E-state index contributed by atoms with van der Waals surface area (Å²) in [6, 6.07) is 13.7. The van der Waals surface area contributed by atoms with Gasteiger partial charge in [0.25, 0.3) is 5.91 Å². The van der Waals surface area contributed by atoms with Gasteiger partial charge in [-0.05, 0) is 67.1 Å². The molecule has 0 aliphatic rings. The second-order valence-corrected chi connectivity index (χ2v) is 7.45. The molecule has 3 rings (SSSR count). The topological polar surface area (TPSA) is 47.6 Å². The highest BCUT2D eigenvalue weighted by molar-refractivity contribution is 7.12. The zero-order valence-electron chi connectivity index (χ0n) is 16.0. The average Bonchev–Trinajstić information content (AvgIpc) is 3.12. The van der Waals surface area contributed by atoms with Crippen LogP contribution in [0.5, 0.6) is 11.5 Å². The van der Waals surface area contributed by atoms with E-state index in [1.54, 1.807) is 7.11 Å². The minimum absolute atomic E-state index is 0.104. The van der Waals surface area contributed by atoms with Gasteiger partial charge >= 0.3 is 0 Å². The molecule has 0 bridgehead atoms. The summed E-state index contributed by atoms with van der Waals surface area (Å²) in [5, 5.41) is 4.93. The number of methoxy groups -OCH3 is 1. The first kappa shape index (κ1) is 19.0. The van der Waals surface area contributed by atoms with Gasteiger partial charge in [0.15, 0.2) is 11.5 Å². The summed E-state index contributed by atoms with van der Waals surface area (Å²) >= 11 is 1.41. The van der Waals surface area contributed by atoms with E-state index in [-0.39, 0.29) is 5.91 Å². The van der Waals surface area contributed by atoms with Crippen LogP contribution in [0.3, 0.4) is 0 Å². The van der Waals surface area contributed by atoms with Crippen LogP contribution in [0, 0.1) is 20.8 Å². The van der Waals surface area contributed by atoms with Crippen LogP contribution in [0.25, 0.3) is 0 Å². The van der Waals surface area contributed by atoms with Crippen molar-refractivity contribution in [3.8, 4) is 11.5 Å².